The van der Waals surface area contributed by atoms with E-state index >= 15 is 0 Å². The van der Waals surface area contributed by atoms with Gasteiger partial charge in [0, 0.05) is 29.6 Å². The van der Waals surface area contributed by atoms with Gasteiger partial charge in [-0.1, -0.05) is 13.0 Å². The standard InChI is InChI=1S/C16H22N2O/c1-2-11-3-4-15-14(7-11)12(10-18-15)8-13-9-17-6-5-16(13)19/h3-4,7,10,13,16-19H,2,5-6,8-9H2,1H3. The molecule has 102 valence electrons. The largest absolute Gasteiger partial charge is 0.393 e. The summed E-state index contributed by atoms with van der Waals surface area (Å²) in [5.74, 6) is 0.332. The van der Waals surface area contributed by atoms with Crippen molar-refractivity contribution in [3.8, 4) is 0 Å². The zero-order valence-electron chi connectivity index (χ0n) is 11.4. The Kier molecular flexibility index (Phi) is 3.58. The monoisotopic (exact) mass is 258 g/mol. The molecule has 1 aromatic heterocycles. The SMILES string of the molecule is CCc1ccc2[nH]cc(CC3CNCCC3O)c2c1. The molecule has 2 aromatic rings. The van der Waals surface area contributed by atoms with E-state index in [2.05, 4.69) is 41.6 Å². The molecule has 19 heavy (non-hydrogen) atoms. The van der Waals surface area contributed by atoms with Gasteiger partial charge in [-0.15, -0.1) is 0 Å². The van der Waals surface area contributed by atoms with Gasteiger partial charge in [-0.2, -0.15) is 0 Å². The summed E-state index contributed by atoms with van der Waals surface area (Å²) in [5, 5.41) is 14.8. The van der Waals surface area contributed by atoms with E-state index in [4.69, 9.17) is 0 Å². The maximum Gasteiger partial charge on any atom is 0.0595 e. The van der Waals surface area contributed by atoms with Crippen molar-refractivity contribution in [3.05, 3.63) is 35.5 Å². The van der Waals surface area contributed by atoms with Crippen LogP contribution in [-0.2, 0) is 12.8 Å². The predicted octanol–water partition coefficient (Wildman–Crippen LogP) is 2.24. The van der Waals surface area contributed by atoms with Gasteiger partial charge in [0.15, 0.2) is 0 Å². The minimum atomic E-state index is -0.166. The Morgan fingerprint density at radius 3 is 3.05 bits per heavy atom. The maximum atomic E-state index is 10.1. The van der Waals surface area contributed by atoms with Crippen LogP contribution in [0.5, 0.6) is 0 Å². The zero-order valence-corrected chi connectivity index (χ0v) is 11.4. The normalized spacial score (nSPS) is 23.9. The van der Waals surface area contributed by atoms with E-state index in [1.165, 1.54) is 22.0 Å². The van der Waals surface area contributed by atoms with Gasteiger partial charge in [-0.3, -0.25) is 0 Å². The van der Waals surface area contributed by atoms with E-state index in [0.29, 0.717) is 5.92 Å². The lowest BCUT2D eigenvalue weighted by atomic mass is 9.89. The van der Waals surface area contributed by atoms with E-state index in [9.17, 15) is 5.11 Å². The van der Waals surface area contributed by atoms with Crippen LogP contribution in [0.2, 0.25) is 0 Å². The molecule has 0 radical (unpaired) electrons. The number of aromatic nitrogens is 1. The number of benzene rings is 1. The van der Waals surface area contributed by atoms with Crippen molar-refractivity contribution in [2.75, 3.05) is 13.1 Å². The van der Waals surface area contributed by atoms with Gasteiger partial charge in [-0.25, -0.2) is 0 Å². The van der Waals surface area contributed by atoms with Crippen LogP contribution < -0.4 is 5.32 Å². The number of hydrogen-bond acceptors (Lipinski definition) is 2. The number of H-pyrrole nitrogens is 1. The van der Waals surface area contributed by atoms with Crippen molar-refractivity contribution in [1.82, 2.24) is 10.3 Å². The van der Waals surface area contributed by atoms with Crippen LogP contribution in [0.25, 0.3) is 10.9 Å². The zero-order chi connectivity index (χ0) is 13.2. The number of aliphatic hydroxyl groups is 1. The number of aromatic amines is 1. The molecule has 2 unspecified atom stereocenters. The second-order valence-corrected chi connectivity index (χ2v) is 5.57. The molecule has 0 amide bonds. The second-order valence-electron chi connectivity index (χ2n) is 5.57. The van der Waals surface area contributed by atoms with Gasteiger partial charge < -0.3 is 15.4 Å². The lowest BCUT2D eigenvalue weighted by molar-refractivity contribution is 0.0793. The molecule has 1 fully saturated rings. The number of nitrogens with one attached hydrogen (secondary N) is 2. The Balaban J connectivity index is 1.87. The predicted molar refractivity (Wildman–Crippen MR) is 78.4 cm³/mol. The maximum absolute atomic E-state index is 10.1. The van der Waals surface area contributed by atoms with Gasteiger partial charge in [0.1, 0.15) is 0 Å². The van der Waals surface area contributed by atoms with Gasteiger partial charge in [0.25, 0.3) is 0 Å². The first-order valence-corrected chi connectivity index (χ1v) is 7.25. The summed E-state index contributed by atoms with van der Waals surface area (Å²) in [4.78, 5) is 3.34. The van der Waals surface area contributed by atoms with Crippen molar-refractivity contribution in [1.29, 1.82) is 0 Å². The van der Waals surface area contributed by atoms with Gasteiger partial charge in [0.05, 0.1) is 6.10 Å². The highest BCUT2D eigenvalue weighted by Crippen LogP contribution is 2.25. The lowest BCUT2D eigenvalue weighted by Gasteiger charge is -2.28. The fraction of sp³-hybridized carbons (Fsp3) is 0.500. The summed E-state index contributed by atoms with van der Waals surface area (Å²) in [5.41, 5.74) is 3.90. The molecule has 1 aliphatic rings. The van der Waals surface area contributed by atoms with Gasteiger partial charge >= 0.3 is 0 Å². The van der Waals surface area contributed by atoms with Crippen LogP contribution in [0.3, 0.4) is 0 Å². The number of rotatable bonds is 3. The third-order valence-corrected chi connectivity index (χ3v) is 4.29. The average Bonchev–Trinajstić information content (AvgIpc) is 2.84. The van der Waals surface area contributed by atoms with Crippen LogP contribution >= 0.6 is 0 Å². The molecular weight excluding hydrogens is 236 g/mol. The van der Waals surface area contributed by atoms with Crippen molar-refractivity contribution < 1.29 is 5.11 Å². The van der Waals surface area contributed by atoms with Crippen LogP contribution in [0.15, 0.2) is 24.4 Å². The lowest BCUT2D eigenvalue weighted by Crippen LogP contribution is -2.40. The van der Waals surface area contributed by atoms with E-state index in [1.807, 2.05) is 0 Å². The Labute approximate surface area is 114 Å². The van der Waals surface area contributed by atoms with Crippen LogP contribution in [0.1, 0.15) is 24.5 Å². The molecule has 1 aromatic carbocycles. The summed E-state index contributed by atoms with van der Waals surface area (Å²) >= 11 is 0. The molecule has 2 atom stereocenters. The smallest absolute Gasteiger partial charge is 0.0595 e. The molecule has 1 aliphatic heterocycles. The first-order valence-electron chi connectivity index (χ1n) is 7.25. The molecule has 0 saturated carbocycles. The first-order chi connectivity index (χ1) is 9.28. The molecule has 3 heteroatoms. The first kappa shape index (κ1) is 12.7. The van der Waals surface area contributed by atoms with E-state index in [-0.39, 0.29) is 6.10 Å². The number of piperidine rings is 1. The number of aryl methyl sites for hydroxylation is 1. The fourth-order valence-corrected chi connectivity index (χ4v) is 3.01. The molecule has 0 aliphatic carbocycles. The average molecular weight is 258 g/mol. The van der Waals surface area contributed by atoms with Crippen molar-refractivity contribution in [3.63, 3.8) is 0 Å². The Hall–Kier alpha value is -1.32. The number of aliphatic hydroxyl groups excluding tert-OH is 1. The third-order valence-electron chi connectivity index (χ3n) is 4.29. The van der Waals surface area contributed by atoms with Crippen LogP contribution in [0.4, 0.5) is 0 Å². The molecule has 3 N–H and O–H groups in total. The molecule has 2 heterocycles. The highest BCUT2D eigenvalue weighted by molar-refractivity contribution is 5.83. The summed E-state index contributed by atoms with van der Waals surface area (Å²) < 4.78 is 0. The second kappa shape index (κ2) is 5.35. The Bertz CT molecular complexity index is 561. The molecule has 1 saturated heterocycles. The van der Waals surface area contributed by atoms with E-state index < -0.39 is 0 Å². The quantitative estimate of drug-likeness (QED) is 0.791. The Morgan fingerprint density at radius 1 is 1.37 bits per heavy atom. The summed E-state index contributed by atoms with van der Waals surface area (Å²) in [6.45, 7) is 4.04. The van der Waals surface area contributed by atoms with Crippen molar-refractivity contribution in [2.45, 2.75) is 32.3 Å². The number of fused-ring (bicyclic) bond motifs is 1. The molecule has 0 spiro atoms. The topological polar surface area (TPSA) is 48.0 Å². The molecule has 3 rings (SSSR count). The van der Waals surface area contributed by atoms with E-state index in [0.717, 1.165) is 32.4 Å². The van der Waals surface area contributed by atoms with Crippen molar-refractivity contribution >= 4 is 10.9 Å². The van der Waals surface area contributed by atoms with E-state index in [1.54, 1.807) is 0 Å². The van der Waals surface area contributed by atoms with Gasteiger partial charge in [0.2, 0.25) is 0 Å². The minimum Gasteiger partial charge on any atom is -0.393 e. The molecular formula is C16H22N2O. The Morgan fingerprint density at radius 2 is 2.26 bits per heavy atom. The van der Waals surface area contributed by atoms with Crippen LogP contribution in [-0.4, -0.2) is 29.3 Å². The molecule has 0 bridgehead atoms. The highest BCUT2D eigenvalue weighted by atomic mass is 16.3. The summed E-state index contributed by atoms with van der Waals surface area (Å²) in [6, 6.07) is 6.62. The van der Waals surface area contributed by atoms with Crippen LogP contribution in [0, 0.1) is 5.92 Å². The molecule has 3 nitrogen and oxygen atoms in total. The fourth-order valence-electron chi connectivity index (χ4n) is 3.01. The highest BCUT2D eigenvalue weighted by Gasteiger charge is 2.23. The van der Waals surface area contributed by atoms with Gasteiger partial charge in [-0.05, 0) is 49.1 Å². The summed E-state index contributed by atoms with van der Waals surface area (Å²) in [7, 11) is 0. The third kappa shape index (κ3) is 2.53. The minimum absolute atomic E-state index is 0.166. The number of hydrogen-bond donors (Lipinski definition) is 3. The summed E-state index contributed by atoms with van der Waals surface area (Å²) in [6.07, 6.45) is 4.81. The van der Waals surface area contributed by atoms with Crippen molar-refractivity contribution in [2.24, 2.45) is 5.92 Å².